The average Bonchev–Trinajstić information content (AvgIpc) is 3.18. The third-order valence-corrected chi connectivity index (χ3v) is 6.64. The molecule has 0 bridgehead atoms. The van der Waals surface area contributed by atoms with Crippen LogP contribution >= 0.6 is 0 Å². The number of benzene rings is 2. The minimum Gasteiger partial charge on any atom is -0.491 e. The van der Waals surface area contributed by atoms with Gasteiger partial charge in [-0.1, -0.05) is 18.2 Å². The molecule has 2 N–H and O–H groups in total. The first kappa shape index (κ1) is 23.9. The van der Waals surface area contributed by atoms with Crippen molar-refractivity contribution < 1.29 is 22.3 Å². The number of sulfone groups is 1. The molecule has 33 heavy (non-hydrogen) atoms. The van der Waals surface area contributed by atoms with Crippen molar-refractivity contribution in [3.63, 3.8) is 0 Å². The molecule has 172 valence electrons. The normalized spacial score (nSPS) is 11.5. The van der Waals surface area contributed by atoms with Crippen LogP contribution < -0.4 is 10.1 Å². The van der Waals surface area contributed by atoms with E-state index in [1.54, 1.807) is 31.2 Å². The molecule has 3 aromatic rings. The summed E-state index contributed by atoms with van der Waals surface area (Å²) >= 11 is 0. The van der Waals surface area contributed by atoms with Gasteiger partial charge in [0, 0.05) is 18.4 Å². The summed E-state index contributed by atoms with van der Waals surface area (Å²) in [5.74, 6) is -1.34. The fourth-order valence-electron chi connectivity index (χ4n) is 3.15. The van der Waals surface area contributed by atoms with Gasteiger partial charge in [0.05, 0.1) is 11.5 Å². The molecule has 0 saturated heterocycles. The Balaban J connectivity index is 1.72. The minimum atomic E-state index is -4.08. The Bertz CT molecular complexity index is 1300. The lowest BCUT2D eigenvalue weighted by Crippen LogP contribution is -2.23. The van der Waals surface area contributed by atoms with Crippen LogP contribution in [0.15, 0.2) is 69.5 Å². The Morgan fingerprint density at radius 1 is 1.24 bits per heavy atom. The summed E-state index contributed by atoms with van der Waals surface area (Å²) in [6, 6.07) is 11.6. The summed E-state index contributed by atoms with van der Waals surface area (Å²) < 4.78 is 45.6. The number of rotatable bonds is 9. The Kier molecular flexibility index (Phi) is 7.44. The van der Waals surface area contributed by atoms with Crippen molar-refractivity contribution in [2.24, 2.45) is 4.99 Å². The number of ether oxygens (including phenoxy) is 1. The predicted octanol–water partition coefficient (Wildman–Crippen LogP) is 4.30. The van der Waals surface area contributed by atoms with Crippen molar-refractivity contribution >= 4 is 28.5 Å². The van der Waals surface area contributed by atoms with Gasteiger partial charge in [0.15, 0.2) is 11.6 Å². The van der Waals surface area contributed by atoms with Crippen molar-refractivity contribution in [2.45, 2.75) is 30.2 Å². The zero-order chi connectivity index (χ0) is 24.0. The highest BCUT2D eigenvalue weighted by Gasteiger charge is 2.24. The Morgan fingerprint density at radius 2 is 1.97 bits per heavy atom. The van der Waals surface area contributed by atoms with E-state index in [0.29, 0.717) is 11.3 Å². The number of nitrogens with one attached hydrogen (secondary N) is 2. The van der Waals surface area contributed by atoms with Crippen LogP contribution in [0.25, 0.3) is 6.08 Å². The number of carbonyl (C=O) groups excluding carboxylic acids is 1. The summed E-state index contributed by atoms with van der Waals surface area (Å²) in [6.45, 7) is 7.32. The van der Waals surface area contributed by atoms with Gasteiger partial charge < -0.3 is 15.0 Å². The number of aromatic amines is 1. The molecule has 0 saturated carbocycles. The topological polar surface area (TPSA) is 101 Å². The standard InChI is InChI=1S/C24H24FN3O4S/c1-4-32-21-6-5-7-22(23(21)25)33(30,31)18-10-8-17(9-11-18)15-27-24(29)20-14-16(2)19(28-20)12-13-26-3/h5-14,28H,3-4,15H2,1-2H3,(H,27,29)/b13-12-. The lowest BCUT2D eigenvalue weighted by molar-refractivity contribution is 0.0946. The van der Waals surface area contributed by atoms with Gasteiger partial charge in [-0.3, -0.25) is 9.79 Å². The van der Waals surface area contributed by atoms with E-state index in [1.807, 2.05) is 6.92 Å². The van der Waals surface area contributed by atoms with Crippen LogP contribution in [-0.4, -0.2) is 32.6 Å². The molecule has 2 aromatic carbocycles. The van der Waals surface area contributed by atoms with Crippen molar-refractivity contribution in [3.05, 3.63) is 83.1 Å². The maximum absolute atomic E-state index is 14.6. The van der Waals surface area contributed by atoms with Crippen LogP contribution in [0.1, 0.15) is 34.2 Å². The maximum Gasteiger partial charge on any atom is 0.267 e. The number of aromatic nitrogens is 1. The number of hydrogen-bond donors (Lipinski definition) is 2. The zero-order valence-corrected chi connectivity index (χ0v) is 19.1. The third-order valence-electron chi connectivity index (χ3n) is 4.85. The summed E-state index contributed by atoms with van der Waals surface area (Å²) in [6.07, 6.45) is 3.24. The van der Waals surface area contributed by atoms with Gasteiger partial charge in [-0.2, -0.15) is 0 Å². The third kappa shape index (κ3) is 5.38. The van der Waals surface area contributed by atoms with Crippen LogP contribution in [-0.2, 0) is 16.4 Å². The van der Waals surface area contributed by atoms with E-state index >= 15 is 0 Å². The first-order chi connectivity index (χ1) is 15.8. The van der Waals surface area contributed by atoms with Gasteiger partial charge in [-0.15, -0.1) is 0 Å². The van der Waals surface area contributed by atoms with Crippen molar-refractivity contribution in [1.82, 2.24) is 10.3 Å². The van der Waals surface area contributed by atoms with Gasteiger partial charge in [0.25, 0.3) is 5.91 Å². The molecular weight excluding hydrogens is 445 g/mol. The van der Waals surface area contributed by atoms with Crippen molar-refractivity contribution in [3.8, 4) is 5.75 Å². The molecule has 0 aliphatic heterocycles. The predicted molar refractivity (Wildman–Crippen MR) is 125 cm³/mol. The number of aryl methyl sites for hydroxylation is 1. The van der Waals surface area contributed by atoms with E-state index in [9.17, 15) is 17.6 Å². The SMILES string of the molecule is C=N/C=C\c1[nH]c(C(=O)NCc2ccc(S(=O)(=O)c3cccc(OCC)c3F)cc2)cc1C. The summed E-state index contributed by atoms with van der Waals surface area (Å²) in [4.78, 5) is 18.6. The molecule has 0 aliphatic carbocycles. The fraction of sp³-hybridized carbons (Fsp3) is 0.167. The zero-order valence-electron chi connectivity index (χ0n) is 18.3. The van der Waals surface area contributed by atoms with E-state index in [2.05, 4.69) is 22.0 Å². The number of amides is 1. The van der Waals surface area contributed by atoms with Crippen molar-refractivity contribution in [2.75, 3.05) is 6.61 Å². The molecular formula is C24H24FN3O4S. The van der Waals surface area contributed by atoms with Crippen LogP contribution in [0.5, 0.6) is 5.75 Å². The second-order valence-electron chi connectivity index (χ2n) is 7.11. The molecule has 7 nitrogen and oxygen atoms in total. The minimum absolute atomic E-state index is 0.0580. The van der Waals surface area contributed by atoms with Gasteiger partial charge in [-0.05, 0) is 68.1 Å². The van der Waals surface area contributed by atoms with Crippen LogP contribution in [0.4, 0.5) is 4.39 Å². The molecule has 1 amide bonds. The number of H-pyrrole nitrogens is 1. The first-order valence-electron chi connectivity index (χ1n) is 10.1. The van der Waals surface area contributed by atoms with Gasteiger partial charge in [0.1, 0.15) is 10.6 Å². The van der Waals surface area contributed by atoms with Crippen LogP contribution in [0.3, 0.4) is 0 Å². The Hall–Kier alpha value is -3.72. The summed E-state index contributed by atoms with van der Waals surface area (Å²) in [5.41, 5.74) is 2.71. The van der Waals surface area contributed by atoms with E-state index in [0.717, 1.165) is 11.3 Å². The molecule has 1 aromatic heterocycles. The molecule has 3 rings (SSSR count). The molecule has 0 radical (unpaired) electrons. The highest BCUT2D eigenvalue weighted by Crippen LogP contribution is 2.29. The fourth-order valence-corrected chi connectivity index (χ4v) is 4.50. The van der Waals surface area contributed by atoms with Gasteiger partial charge >= 0.3 is 0 Å². The molecule has 9 heteroatoms. The maximum atomic E-state index is 14.6. The Morgan fingerprint density at radius 3 is 2.64 bits per heavy atom. The van der Waals surface area contributed by atoms with E-state index in [-0.39, 0.29) is 29.7 Å². The number of aliphatic imine (C=N–C) groups is 1. The smallest absolute Gasteiger partial charge is 0.267 e. The first-order valence-corrected chi connectivity index (χ1v) is 11.6. The highest BCUT2D eigenvalue weighted by molar-refractivity contribution is 7.91. The second kappa shape index (κ2) is 10.3. The Labute approximate surface area is 191 Å². The molecule has 0 aliphatic rings. The number of carbonyl (C=O) groups is 1. The molecule has 0 unspecified atom stereocenters. The van der Waals surface area contributed by atoms with E-state index < -0.39 is 20.5 Å². The average molecular weight is 470 g/mol. The largest absolute Gasteiger partial charge is 0.491 e. The van der Waals surface area contributed by atoms with Crippen LogP contribution in [0, 0.1) is 12.7 Å². The van der Waals surface area contributed by atoms with E-state index in [1.165, 1.54) is 36.5 Å². The van der Waals surface area contributed by atoms with Crippen LogP contribution in [0.2, 0.25) is 0 Å². The molecule has 0 fully saturated rings. The summed E-state index contributed by atoms with van der Waals surface area (Å²) in [7, 11) is -4.08. The number of hydrogen-bond acceptors (Lipinski definition) is 5. The number of halogens is 1. The monoisotopic (exact) mass is 469 g/mol. The highest BCUT2D eigenvalue weighted by atomic mass is 32.2. The second-order valence-corrected chi connectivity index (χ2v) is 9.03. The molecule has 1 heterocycles. The molecule has 0 spiro atoms. The van der Waals surface area contributed by atoms with Gasteiger partial charge in [-0.25, -0.2) is 12.8 Å². The van der Waals surface area contributed by atoms with E-state index in [4.69, 9.17) is 4.74 Å². The summed E-state index contributed by atoms with van der Waals surface area (Å²) in [5, 5.41) is 2.78. The quantitative estimate of drug-likeness (QED) is 0.457. The lowest BCUT2D eigenvalue weighted by Gasteiger charge is -2.10. The van der Waals surface area contributed by atoms with Gasteiger partial charge in [0.2, 0.25) is 9.84 Å². The lowest BCUT2D eigenvalue weighted by atomic mass is 10.2. The van der Waals surface area contributed by atoms with Crippen molar-refractivity contribution in [1.29, 1.82) is 0 Å². The molecule has 0 atom stereocenters. The number of nitrogens with zero attached hydrogens (tertiary/aromatic N) is 1.